The number of rotatable bonds is 2. The zero-order valence-corrected chi connectivity index (χ0v) is 10.9. The fraction of sp³-hybridized carbons (Fsp3) is 0.273. The topological polar surface area (TPSA) is 20.2 Å². The van der Waals surface area contributed by atoms with E-state index in [0.29, 0.717) is 0 Å². The molecule has 0 spiro atoms. The zero-order valence-electron chi connectivity index (χ0n) is 7.88. The molecule has 0 saturated carbocycles. The maximum absolute atomic E-state index is 9.15. The van der Waals surface area contributed by atoms with Gasteiger partial charge in [0.25, 0.3) is 0 Å². The van der Waals surface area contributed by atoms with Gasteiger partial charge in [0.15, 0.2) is 0 Å². The monoisotopic (exact) mass is 318 g/mol. The largest absolute Gasteiger partial charge is 0.392 e. The molecule has 0 saturated heterocycles. The second kappa shape index (κ2) is 4.16. The second-order valence-electron chi connectivity index (χ2n) is 3.23. The smallest absolute Gasteiger partial charge is 0.0682 e. The van der Waals surface area contributed by atoms with Gasteiger partial charge in [0, 0.05) is 19.0 Å². The summed E-state index contributed by atoms with van der Waals surface area (Å²) in [5.41, 5.74) is 2.37. The van der Waals surface area contributed by atoms with E-state index in [4.69, 9.17) is 5.11 Å². The Hall–Kier alpha value is -0.130. The minimum absolute atomic E-state index is 0.134. The van der Waals surface area contributed by atoms with Crippen molar-refractivity contribution in [2.45, 2.75) is 20.0 Å². The number of benzene rings is 1. The lowest BCUT2D eigenvalue weighted by Crippen LogP contribution is -1.87. The molecule has 2 rings (SSSR count). The van der Waals surface area contributed by atoms with E-state index >= 15 is 0 Å². The van der Waals surface area contributed by atoms with Crippen molar-refractivity contribution in [2.75, 3.05) is 0 Å². The highest BCUT2D eigenvalue weighted by Gasteiger charge is 2.07. The van der Waals surface area contributed by atoms with E-state index in [2.05, 4.69) is 47.0 Å². The molecular formula is C11H11IOS. The summed E-state index contributed by atoms with van der Waals surface area (Å²) in [6.07, 6.45) is 1.03. The Kier molecular flexibility index (Phi) is 3.09. The Balaban J connectivity index is 2.76. The highest BCUT2D eigenvalue weighted by molar-refractivity contribution is 14.1. The van der Waals surface area contributed by atoms with Gasteiger partial charge in [0.1, 0.15) is 0 Å². The molecule has 0 bridgehead atoms. The van der Waals surface area contributed by atoms with Gasteiger partial charge in [-0.1, -0.05) is 13.0 Å². The van der Waals surface area contributed by atoms with Crippen LogP contribution < -0.4 is 0 Å². The summed E-state index contributed by atoms with van der Waals surface area (Å²) in [7, 11) is 0. The number of hydrogen-bond donors (Lipinski definition) is 1. The molecule has 1 aromatic heterocycles. The van der Waals surface area contributed by atoms with Crippen LogP contribution in [0.15, 0.2) is 17.5 Å². The highest BCUT2D eigenvalue weighted by Crippen LogP contribution is 2.31. The van der Waals surface area contributed by atoms with E-state index in [1.807, 2.05) is 0 Å². The molecule has 14 heavy (non-hydrogen) atoms. The molecule has 3 heteroatoms. The first kappa shape index (κ1) is 10.4. The molecule has 0 unspecified atom stereocenters. The van der Waals surface area contributed by atoms with Gasteiger partial charge in [-0.05, 0) is 46.2 Å². The summed E-state index contributed by atoms with van der Waals surface area (Å²) in [6.45, 7) is 2.29. The standard InChI is InChI=1S/C11H11IOS/c1-2-8-3-7(5-13)4-9-10(12)6-14-11(8)9/h3-4,6,13H,2,5H2,1H3. The van der Waals surface area contributed by atoms with E-state index < -0.39 is 0 Å². The lowest BCUT2D eigenvalue weighted by atomic mass is 10.1. The molecule has 1 nitrogen and oxygen atoms in total. The minimum Gasteiger partial charge on any atom is -0.392 e. The number of thiophene rings is 1. The van der Waals surface area contributed by atoms with Crippen molar-refractivity contribution in [3.05, 3.63) is 32.2 Å². The van der Waals surface area contributed by atoms with Crippen LogP contribution in [-0.4, -0.2) is 5.11 Å². The van der Waals surface area contributed by atoms with Crippen LogP contribution in [0.25, 0.3) is 10.1 Å². The molecule has 0 aliphatic rings. The normalized spacial score (nSPS) is 11.1. The van der Waals surface area contributed by atoms with Gasteiger partial charge in [-0.2, -0.15) is 0 Å². The van der Waals surface area contributed by atoms with Crippen LogP contribution in [0, 0.1) is 3.57 Å². The van der Waals surface area contributed by atoms with Crippen LogP contribution in [0.3, 0.4) is 0 Å². The van der Waals surface area contributed by atoms with Gasteiger partial charge in [-0.15, -0.1) is 11.3 Å². The zero-order chi connectivity index (χ0) is 10.1. The molecule has 74 valence electrons. The summed E-state index contributed by atoms with van der Waals surface area (Å²) < 4.78 is 2.65. The van der Waals surface area contributed by atoms with E-state index in [1.54, 1.807) is 11.3 Å². The van der Waals surface area contributed by atoms with Crippen LogP contribution >= 0.6 is 33.9 Å². The molecular weight excluding hydrogens is 307 g/mol. The van der Waals surface area contributed by atoms with Crippen LogP contribution in [0.5, 0.6) is 0 Å². The third-order valence-electron chi connectivity index (χ3n) is 2.33. The molecule has 0 amide bonds. The van der Waals surface area contributed by atoms with Crippen molar-refractivity contribution < 1.29 is 5.11 Å². The molecule has 1 N–H and O–H groups in total. The Morgan fingerprint density at radius 2 is 2.21 bits per heavy atom. The molecule has 0 atom stereocenters. The van der Waals surface area contributed by atoms with Crippen molar-refractivity contribution in [2.24, 2.45) is 0 Å². The number of fused-ring (bicyclic) bond motifs is 1. The SMILES string of the molecule is CCc1cc(CO)cc2c(I)csc12. The molecule has 2 aromatic rings. The third-order valence-corrected chi connectivity index (χ3v) is 4.71. The number of aliphatic hydroxyl groups is 1. The summed E-state index contributed by atoms with van der Waals surface area (Å²) >= 11 is 4.14. The lowest BCUT2D eigenvalue weighted by Gasteiger charge is -2.03. The van der Waals surface area contributed by atoms with Crippen molar-refractivity contribution in [3.8, 4) is 0 Å². The predicted molar refractivity (Wildman–Crippen MR) is 69.8 cm³/mol. The summed E-state index contributed by atoms with van der Waals surface area (Å²) in [4.78, 5) is 0. The maximum atomic E-state index is 9.15. The van der Waals surface area contributed by atoms with Crippen LogP contribution in [0.4, 0.5) is 0 Å². The first-order chi connectivity index (χ1) is 6.76. The highest BCUT2D eigenvalue weighted by atomic mass is 127. The quantitative estimate of drug-likeness (QED) is 0.840. The van der Waals surface area contributed by atoms with Gasteiger partial charge in [0.2, 0.25) is 0 Å². The van der Waals surface area contributed by atoms with E-state index in [9.17, 15) is 0 Å². The lowest BCUT2D eigenvalue weighted by molar-refractivity contribution is 0.282. The Morgan fingerprint density at radius 3 is 2.86 bits per heavy atom. The Morgan fingerprint density at radius 1 is 1.43 bits per heavy atom. The Bertz CT molecular complexity index is 462. The summed E-state index contributed by atoms with van der Waals surface area (Å²) in [6, 6.07) is 4.20. The van der Waals surface area contributed by atoms with Crippen LogP contribution in [0.1, 0.15) is 18.1 Å². The van der Waals surface area contributed by atoms with Gasteiger partial charge in [-0.25, -0.2) is 0 Å². The van der Waals surface area contributed by atoms with Crippen molar-refractivity contribution >= 4 is 44.0 Å². The van der Waals surface area contributed by atoms with Gasteiger partial charge >= 0.3 is 0 Å². The number of aliphatic hydroxyl groups excluding tert-OH is 1. The second-order valence-corrected chi connectivity index (χ2v) is 5.27. The molecule has 1 aromatic carbocycles. The molecule has 1 heterocycles. The van der Waals surface area contributed by atoms with E-state index in [1.165, 1.54) is 19.2 Å². The third kappa shape index (κ3) is 1.68. The van der Waals surface area contributed by atoms with Gasteiger partial charge in [0.05, 0.1) is 6.61 Å². The molecule has 0 aliphatic carbocycles. The fourth-order valence-electron chi connectivity index (χ4n) is 1.60. The first-order valence-electron chi connectivity index (χ1n) is 4.55. The minimum atomic E-state index is 0.134. The fourth-order valence-corrected chi connectivity index (χ4v) is 3.59. The molecule has 0 aliphatic heterocycles. The average Bonchev–Trinajstić information content (AvgIpc) is 2.59. The predicted octanol–water partition coefficient (Wildman–Crippen LogP) is 3.56. The number of aryl methyl sites for hydroxylation is 1. The number of hydrogen-bond acceptors (Lipinski definition) is 2. The van der Waals surface area contributed by atoms with Gasteiger partial charge < -0.3 is 5.11 Å². The van der Waals surface area contributed by atoms with Crippen molar-refractivity contribution in [1.82, 2.24) is 0 Å². The maximum Gasteiger partial charge on any atom is 0.0682 e. The van der Waals surface area contributed by atoms with Gasteiger partial charge in [-0.3, -0.25) is 0 Å². The van der Waals surface area contributed by atoms with Crippen molar-refractivity contribution in [3.63, 3.8) is 0 Å². The van der Waals surface area contributed by atoms with E-state index in [-0.39, 0.29) is 6.61 Å². The van der Waals surface area contributed by atoms with Crippen LogP contribution in [-0.2, 0) is 13.0 Å². The molecule has 0 radical (unpaired) electrons. The molecule has 0 fully saturated rings. The number of halogens is 1. The van der Waals surface area contributed by atoms with Crippen LogP contribution in [0.2, 0.25) is 0 Å². The summed E-state index contributed by atoms with van der Waals surface area (Å²) in [5, 5.41) is 12.6. The Labute approximate surface area is 101 Å². The van der Waals surface area contributed by atoms with E-state index in [0.717, 1.165) is 12.0 Å². The first-order valence-corrected chi connectivity index (χ1v) is 6.51. The summed E-state index contributed by atoms with van der Waals surface area (Å²) in [5.74, 6) is 0. The average molecular weight is 318 g/mol. The van der Waals surface area contributed by atoms with Crippen molar-refractivity contribution in [1.29, 1.82) is 0 Å².